The number of phosphoric acid groups is 2. The summed E-state index contributed by atoms with van der Waals surface area (Å²) in [5, 5.41) is 10.6. The fourth-order valence-electron chi connectivity index (χ4n) is 12.2. The molecular formula is C82H156O17P2. The summed E-state index contributed by atoms with van der Waals surface area (Å²) in [6.07, 6.45) is 65.9. The minimum atomic E-state index is -4.97. The van der Waals surface area contributed by atoms with Gasteiger partial charge in [-0.3, -0.25) is 37.3 Å². The van der Waals surface area contributed by atoms with Gasteiger partial charge < -0.3 is 33.8 Å². The van der Waals surface area contributed by atoms with Crippen molar-refractivity contribution < 1.29 is 80.2 Å². The summed E-state index contributed by atoms with van der Waals surface area (Å²) >= 11 is 0. The van der Waals surface area contributed by atoms with Gasteiger partial charge in [0.1, 0.15) is 19.3 Å². The molecule has 0 saturated carbocycles. The number of hydrogen-bond acceptors (Lipinski definition) is 15. The van der Waals surface area contributed by atoms with E-state index in [0.29, 0.717) is 25.7 Å². The molecule has 0 aliphatic carbocycles. The first-order chi connectivity index (χ1) is 48.9. The van der Waals surface area contributed by atoms with Crippen molar-refractivity contribution in [3.05, 3.63) is 24.3 Å². The fourth-order valence-corrected chi connectivity index (χ4v) is 13.8. The van der Waals surface area contributed by atoms with Crippen molar-refractivity contribution in [2.45, 2.75) is 426 Å². The zero-order chi connectivity index (χ0) is 74.2. The Hall–Kier alpha value is -2.46. The molecule has 0 radical (unpaired) electrons. The van der Waals surface area contributed by atoms with Crippen molar-refractivity contribution in [1.29, 1.82) is 0 Å². The third-order valence-electron chi connectivity index (χ3n) is 18.6. The Bertz CT molecular complexity index is 2040. The van der Waals surface area contributed by atoms with Crippen LogP contribution in [0.5, 0.6) is 0 Å². The van der Waals surface area contributed by atoms with Gasteiger partial charge in [0.25, 0.3) is 0 Å². The average Bonchev–Trinajstić information content (AvgIpc) is 0.988. The molecule has 0 saturated heterocycles. The van der Waals surface area contributed by atoms with E-state index in [4.69, 9.17) is 37.0 Å². The number of rotatable bonds is 79. The topological polar surface area (TPSA) is 237 Å². The summed E-state index contributed by atoms with van der Waals surface area (Å²) in [4.78, 5) is 73.1. The second-order valence-electron chi connectivity index (χ2n) is 29.8. The minimum absolute atomic E-state index is 0.101. The van der Waals surface area contributed by atoms with Crippen LogP contribution in [0.3, 0.4) is 0 Å². The molecule has 0 aromatic carbocycles. The lowest BCUT2D eigenvalue weighted by molar-refractivity contribution is -0.161. The third kappa shape index (κ3) is 75.6. The molecule has 0 heterocycles. The summed E-state index contributed by atoms with van der Waals surface area (Å²) in [6.45, 7) is 9.61. The number of hydrogen-bond donors (Lipinski definition) is 3. The number of carbonyl (C=O) groups excluding carboxylic acids is 4. The Labute approximate surface area is 618 Å². The van der Waals surface area contributed by atoms with Crippen LogP contribution in [0.25, 0.3) is 0 Å². The van der Waals surface area contributed by atoms with Gasteiger partial charge in [-0.05, 0) is 63.2 Å². The van der Waals surface area contributed by atoms with E-state index in [1.54, 1.807) is 0 Å². The van der Waals surface area contributed by atoms with Gasteiger partial charge in [-0.15, -0.1) is 0 Å². The van der Waals surface area contributed by atoms with Crippen LogP contribution in [0.4, 0.5) is 0 Å². The van der Waals surface area contributed by atoms with Crippen molar-refractivity contribution in [2.75, 3.05) is 39.6 Å². The van der Waals surface area contributed by atoms with Crippen molar-refractivity contribution in [3.8, 4) is 0 Å². The van der Waals surface area contributed by atoms with Crippen molar-refractivity contribution in [3.63, 3.8) is 0 Å². The summed E-state index contributed by atoms with van der Waals surface area (Å²) in [7, 11) is -9.93. The molecule has 5 atom stereocenters. The first-order valence-corrected chi connectivity index (χ1v) is 44.8. The summed E-state index contributed by atoms with van der Waals surface area (Å²) in [6, 6.07) is 0. The molecule has 17 nitrogen and oxygen atoms in total. The molecule has 596 valence electrons. The first-order valence-electron chi connectivity index (χ1n) is 41.8. The highest BCUT2D eigenvalue weighted by molar-refractivity contribution is 7.47. The predicted octanol–water partition coefficient (Wildman–Crippen LogP) is 24.2. The quantitative estimate of drug-likeness (QED) is 0.0169. The molecule has 101 heavy (non-hydrogen) atoms. The molecule has 2 unspecified atom stereocenters. The van der Waals surface area contributed by atoms with E-state index < -0.39 is 97.5 Å². The number of unbranched alkanes of at least 4 members (excludes halogenated alkanes) is 46. The lowest BCUT2D eigenvalue weighted by Crippen LogP contribution is -2.30. The first kappa shape index (κ1) is 98.5. The highest BCUT2D eigenvalue weighted by atomic mass is 31.2. The number of aliphatic hydroxyl groups excluding tert-OH is 1. The number of carbonyl (C=O) groups is 4. The van der Waals surface area contributed by atoms with Gasteiger partial charge >= 0.3 is 39.5 Å². The van der Waals surface area contributed by atoms with Crippen LogP contribution in [-0.4, -0.2) is 96.7 Å². The molecule has 0 rings (SSSR count). The van der Waals surface area contributed by atoms with E-state index in [-0.39, 0.29) is 25.7 Å². The van der Waals surface area contributed by atoms with E-state index in [1.165, 1.54) is 205 Å². The van der Waals surface area contributed by atoms with Gasteiger partial charge in [-0.2, -0.15) is 0 Å². The monoisotopic (exact) mass is 1480 g/mol. The fraction of sp³-hybridized carbons (Fsp3) is 0.902. The van der Waals surface area contributed by atoms with Crippen LogP contribution in [0.15, 0.2) is 24.3 Å². The summed E-state index contributed by atoms with van der Waals surface area (Å²) < 4.78 is 68.7. The van der Waals surface area contributed by atoms with Crippen molar-refractivity contribution in [1.82, 2.24) is 0 Å². The Morgan fingerprint density at radius 3 is 0.812 bits per heavy atom. The predicted molar refractivity (Wildman–Crippen MR) is 414 cm³/mol. The largest absolute Gasteiger partial charge is 0.472 e. The maximum atomic E-state index is 13.1. The average molecular weight is 1480 g/mol. The number of phosphoric ester groups is 2. The molecule has 3 N–H and O–H groups in total. The van der Waals surface area contributed by atoms with Gasteiger partial charge in [-0.25, -0.2) is 9.13 Å². The molecule has 0 aromatic rings. The van der Waals surface area contributed by atoms with Crippen LogP contribution >= 0.6 is 15.6 Å². The molecule has 0 spiro atoms. The van der Waals surface area contributed by atoms with E-state index in [9.17, 15) is 43.2 Å². The lowest BCUT2D eigenvalue weighted by Gasteiger charge is -2.21. The summed E-state index contributed by atoms with van der Waals surface area (Å²) in [5.74, 6) is -0.565. The Balaban J connectivity index is 5.29. The number of allylic oxidation sites excluding steroid dienone is 4. The lowest BCUT2D eigenvalue weighted by atomic mass is 10.0. The molecule has 0 aromatic heterocycles. The highest BCUT2D eigenvalue weighted by Crippen LogP contribution is 2.45. The maximum Gasteiger partial charge on any atom is 0.472 e. The van der Waals surface area contributed by atoms with E-state index >= 15 is 0 Å². The van der Waals surface area contributed by atoms with Gasteiger partial charge in [0.15, 0.2) is 12.2 Å². The second-order valence-corrected chi connectivity index (χ2v) is 32.7. The van der Waals surface area contributed by atoms with E-state index in [0.717, 1.165) is 121 Å². The number of ether oxygens (including phenoxy) is 4. The van der Waals surface area contributed by atoms with Crippen LogP contribution in [0.2, 0.25) is 0 Å². The zero-order valence-electron chi connectivity index (χ0n) is 65.7. The number of aliphatic hydroxyl groups is 1. The molecular weight excluding hydrogens is 1320 g/mol. The van der Waals surface area contributed by atoms with Crippen LogP contribution in [-0.2, 0) is 65.4 Å². The molecule has 19 heteroatoms. The second kappa shape index (κ2) is 73.1. The van der Waals surface area contributed by atoms with E-state index in [2.05, 4.69) is 65.8 Å². The molecule has 0 amide bonds. The van der Waals surface area contributed by atoms with Crippen molar-refractivity contribution >= 4 is 39.5 Å². The number of esters is 4. The van der Waals surface area contributed by atoms with Crippen LogP contribution in [0.1, 0.15) is 408 Å². The van der Waals surface area contributed by atoms with Gasteiger partial charge in [0.05, 0.1) is 26.4 Å². The zero-order valence-corrected chi connectivity index (χ0v) is 67.5. The van der Waals surface area contributed by atoms with Gasteiger partial charge in [-0.1, -0.05) is 355 Å². The standard InChI is InChI=1S/C82H156O17P2/c1-7-9-11-13-15-17-19-21-24-29-35-41-47-53-59-65-80(85)93-70-77(98-81(86)66-60-54-48-42-36-30-26-23-22-25-28-32-38-44-50-56-62-74(3)4)72-96-100(88,89)94-68-76(83)69-95-101(90,91)97-73-78(71-92-79(84)64-58-52-46-40-34-27-20-18-16-14-12-10-8-2)99-82(87)67-61-55-49-43-37-31-33-39-45-51-57-63-75(5)6/h17,19,21,24,74-78,83H,7-16,18,20,22-23,25-73H2,1-6H3,(H,88,89)(H,90,91)/b19-17-,24-21-/t76-,77-,78-/m1/s1. The summed E-state index contributed by atoms with van der Waals surface area (Å²) in [5.41, 5.74) is 0. The van der Waals surface area contributed by atoms with Crippen molar-refractivity contribution in [2.24, 2.45) is 11.8 Å². The van der Waals surface area contributed by atoms with Gasteiger partial charge in [0.2, 0.25) is 0 Å². The Morgan fingerprint density at radius 2 is 0.535 bits per heavy atom. The normalized spacial score (nSPS) is 14.0. The van der Waals surface area contributed by atoms with Crippen LogP contribution in [0, 0.1) is 11.8 Å². The highest BCUT2D eigenvalue weighted by Gasteiger charge is 2.30. The molecule has 0 aliphatic heterocycles. The Morgan fingerprint density at radius 1 is 0.307 bits per heavy atom. The minimum Gasteiger partial charge on any atom is -0.462 e. The van der Waals surface area contributed by atoms with Crippen LogP contribution < -0.4 is 0 Å². The van der Waals surface area contributed by atoms with E-state index in [1.807, 2.05) is 0 Å². The van der Waals surface area contributed by atoms with Gasteiger partial charge in [0, 0.05) is 25.7 Å². The third-order valence-corrected chi connectivity index (χ3v) is 20.5. The maximum absolute atomic E-state index is 13.1. The Kier molecular flexibility index (Phi) is 71.3. The SMILES string of the molecule is CCCCCC/C=C\C=C/CCCCCCCC(=O)OC[C@H](COP(=O)(O)OC[C@@H](O)COP(=O)(O)OC[C@@H](COC(=O)CCCCCCCCCCCCCCC)OC(=O)CCCCCCCCCCCCCC(C)C)OC(=O)CCCCCCCCCCCCCCCCCCC(C)C. The smallest absolute Gasteiger partial charge is 0.462 e. The molecule has 0 fully saturated rings. The molecule has 0 aliphatic rings. The molecule has 0 bridgehead atoms.